The Labute approximate surface area is 231 Å². The van der Waals surface area contributed by atoms with Crippen LogP contribution in [0, 0.1) is 0 Å². The van der Waals surface area contributed by atoms with E-state index in [1.54, 1.807) is 0 Å². The zero-order valence-electron chi connectivity index (χ0n) is 23.3. The minimum absolute atomic E-state index is 0.253. The third-order valence-corrected chi connectivity index (χ3v) is 6.54. The van der Waals surface area contributed by atoms with Crippen LogP contribution in [0.15, 0.2) is 18.2 Å². The van der Waals surface area contributed by atoms with E-state index in [0.29, 0.717) is 6.42 Å². The highest BCUT2D eigenvalue weighted by atomic mass is 16.6. The Morgan fingerprint density at radius 3 is 1.64 bits per heavy atom. The maximum Gasteiger partial charge on any atom is 0.339 e. The number of aliphatic hydroxyl groups excluding tert-OH is 1. The lowest BCUT2D eigenvalue weighted by molar-refractivity contribution is -0.147. The van der Waals surface area contributed by atoms with E-state index in [-0.39, 0.29) is 24.2 Å². The fraction of sp³-hybridized carbons (Fsp3) is 0.667. The molecule has 0 spiro atoms. The van der Waals surface area contributed by atoms with Crippen LogP contribution < -0.4 is 0 Å². The summed E-state index contributed by atoms with van der Waals surface area (Å²) in [5, 5.41) is 28.2. The average molecular weight is 551 g/mol. The van der Waals surface area contributed by atoms with Crippen molar-refractivity contribution in [3.05, 3.63) is 34.9 Å². The summed E-state index contributed by atoms with van der Waals surface area (Å²) in [4.78, 5) is 46.5. The highest BCUT2D eigenvalue weighted by molar-refractivity contribution is 6.04. The number of carboxylic acids is 2. The monoisotopic (exact) mass is 550 g/mol. The Hall–Kier alpha value is -2.94. The Morgan fingerprint density at radius 1 is 0.667 bits per heavy atom. The standard InChI is InChI=1S/C30H46O9/c1-2-3-4-5-6-7-8-9-10-11-12-13-14-15-16-17-27(32)38-21-24(31)22-39-30(37)25-19-18-23(28(33)34)20-26(25)29(35)36/h18-20,24,31H,2-17,21-22H2,1H3,(H,33,34)(H,35,36)/t24-/m1/s1. The Bertz CT molecular complexity index is 881. The molecular weight excluding hydrogens is 504 g/mol. The smallest absolute Gasteiger partial charge is 0.339 e. The fourth-order valence-electron chi connectivity index (χ4n) is 4.23. The van der Waals surface area contributed by atoms with Gasteiger partial charge in [-0.25, -0.2) is 14.4 Å². The first-order chi connectivity index (χ1) is 18.8. The molecule has 0 aromatic heterocycles. The number of unbranched alkanes of at least 4 members (excludes halogenated alkanes) is 14. The molecule has 39 heavy (non-hydrogen) atoms. The number of carbonyl (C=O) groups excluding carboxylic acids is 2. The molecule has 1 rings (SSSR count). The number of carboxylic acid groups (broad SMARTS) is 2. The van der Waals surface area contributed by atoms with E-state index >= 15 is 0 Å². The van der Waals surface area contributed by atoms with Crippen LogP contribution in [0.5, 0.6) is 0 Å². The normalized spacial score (nSPS) is 11.6. The van der Waals surface area contributed by atoms with Crippen molar-refractivity contribution < 1.29 is 44.0 Å². The molecule has 3 N–H and O–H groups in total. The predicted octanol–water partition coefficient (Wildman–Crippen LogP) is 6.41. The van der Waals surface area contributed by atoms with E-state index in [9.17, 15) is 29.4 Å². The second kappa shape index (κ2) is 21.0. The molecule has 1 aromatic rings. The van der Waals surface area contributed by atoms with Gasteiger partial charge in [-0.05, 0) is 24.6 Å². The first-order valence-electron chi connectivity index (χ1n) is 14.4. The number of ether oxygens (including phenoxy) is 2. The molecule has 1 aromatic carbocycles. The number of carbonyl (C=O) groups is 4. The molecular formula is C30H46O9. The first kappa shape index (κ1) is 34.1. The molecule has 0 amide bonds. The molecule has 1 atom stereocenters. The van der Waals surface area contributed by atoms with Crippen LogP contribution in [0.25, 0.3) is 0 Å². The summed E-state index contributed by atoms with van der Waals surface area (Å²) in [6.07, 6.45) is 17.5. The van der Waals surface area contributed by atoms with E-state index in [2.05, 4.69) is 6.92 Å². The van der Waals surface area contributed by atoms with Gasteiger partial charge in [-0.3, -0.25) is 4.79 Å². The number of aliphatic hydroxyl groups is 1. The topological polar surface area (TPSA) is 147 Å². The molecule has 0 aliphatic rings. The van der Waals surface area contributed by atoms with Gasteiger partial charge in [0.15, 0.2) is 0 Å². The van der Waals surface area contributed by atoms with E-state index in [4.69, 9.17) is 14.6 Å². The predicted molar refractivity (Wildman–Crippen MR) is 147 cm³/mol. The summed E-state index contributed by atoms with van der Waals surface area (Å²) in [5.74, 6) is -4.29. The van der Waals surface area contributed by atoms with Gasteiger partial charge in [0.1, 0.15) is 19.3 Å². The van der Waals surface area contributed by atoms with Crippen molar-refractivity contribution in [1.29, 1.82) is 0 Å². The van der Waals surface area contributed by atoms with Crippen molar-refractivity contribution in [1.82, 2.24) is 0 Å². The van der Waals surface area contributed by atoms with Crippen LogP contribution in [0.2, 0.25) is 0 Å². The van der Waals surface area contributed by atoms with Gasteiger partial charge >= 0.3 is 23.9 Å². The highest BCUT2D eigenvalue weighted by Crippen LogP contribution is 2.15. The maximum atomic E-state index is 12.2. The molecule has 0 fully saturated rings. The number of esters is 2. The molecule has 9 nitrogen and oxygen atoms in total. The van der Waals surface area contributed by atoms with Crippen molar-refractivity contribution in [2.75, 3.05) is 13.2 Å². The summed E-state index contributed by atoms with van der Waals surface area (Å²) in [5.41, 5.74) is -1.15. The van der Waals surface area contributed by atoms with Crippen molar-refractivity contribution in [2.24, 2.45) is 0 Å². The SMILES string of the molecule is CCCCCCCCCCCCCCCCCC(=O)OC[C@@H](O)COC(=O)c1ccc(C(=O)O)cc1C(=O)O. The molecule has 0 heterocycles. The summed E-state index contributed by atoms with van der Waals surface area (Å²) < 4.78 is 9.94. The second-order valence-electron chi connectivity index (χ2n) is 10.0. The Balaban J connectivity index is 2.08. The molecule has 220 valence electrons. The average Bonchev–Trinajstić information content (AvgIpc) is 2.92. The summed E-state index contributed by atoms with van der Waals surface area (Å²) >= 11 is 0. The van der Waals surface area contributed by atoms with Crippen LogP contribution in [0.3, 0.4) is 0 Å². The molecule has 0 unspecified atom stereocenters. The zero-order valence-corrected chi connectivity index (χ0v) is 23.3. The highest BCUT2D eigenvalue weighted by Gasteiger charge is 2.21. The molecule has 0 saturated heterocycles. The lowest BCUT2D eigenvalue weighted by Gasteiger charge is -2.13. The minimum Gasteiger partial charge on any atom is -0.478 e. The van der Waals surface area contributed by atoms with Gasteiger partial charge in [-0.15, -0.1) is 0 Å². The van der Waals surface area contributed by atoms with Gasteiger partial charge < -0.3 is 24.8 Å². The minimum atomic E-state index is -1.49. The van der Waals surface area contributed by atoms with Crippen LogP contribution in [0.4, 0.5) is 0 Å². The molecule has 0 radical (unpaired) electrons. The quantitative estimate of drug-likeness (QED) is 0.104. The molecule has 0 aliphatic heterocycles. The molecule has 0 bridgehead atoms. The van der Waals surface area contributed by atoms with Gasteiger partial charge in [0, 0.05) is 6.42 Å². The number of hydrogen-bond acceptors (Lipinski definition) is 7. The molecule has 9 heteroatoms. The van der Waals surface area contributed by atoms with Gasteiger partial charge in [-0.1, -0.05) is 96.8 Å². The van der Waals surface area contributed by atoms with E-state index in [0.717, 1.165) is 31.0 Å². The van der Waals surface area contributed by atoms with Crippen molar-refractivity contribution >= 4 is 23.9 Å². The van der Waals surface area contributed by atoms with Crippen LogP contribution in [0.1, 0.15) is 141 Å². The van der Waals surface area contributed by atoms with Gasteiger partial charge in [0.2, 0.25) is 0 Å². The van der Waals surface area contributed by atoms with E-state index in [1.807, 2.05) is 0 Å². The van der Waals surface area contributed by atoms with Crippen LogP contribution in [-0.2, 0) is 14.3 Å². The Kier molecular flexibility index (Phi) is 18.3. The maximum absolute atomic E-state index is 12.2. The second-order valence-corrected chi connectivity index (χ2v) is 10.0. The van der Waals surface area contributed by atoms with Gasteiger partial charge in [-0.2, -0.15) is 0 Å². The Morgan fingerprint density at radius 2 is 1.15 bits per heavy atom. The van der Waals surface area contributed by atoms with Crippen LogP contribution >= 0.6 is 0 Å². The van der Waals surface area contributed by atoms with Crippen LogP contribution in [-0.4, -0.2) is 58.5 Å². The lowest BCUT2D eigenvalue weighted by Crippen LogP contribution is -2.26. The summed E-state index contributed by atoms with van der Waals surface area (Å²) in [7, 11) is 0. The van der Waals surface area contributed by atoms with E-state index < -0.39 is 42.2 Å². The van der Waals surface area contributed by atoms with Crippen molar-refractivity contribution in [3.8, 4) is 0 Å². The largest absolute Gasteiger partial charge is 0.478 e. The first-order valence-corrected chi connectivity index (χ1v) is 14.4. The summed E-state index contributed by atoms with van der Waals surface area (Å²) in [6.45, 7) is 1.38. The number of benzene rings is 1. The van der Waals surface area contributed by atoms with Crippen molar-refractivity contribution in [3.63, 3.8) is 0 Å². The zero-order chi connectivity index (χ0) is 28.9. The number of hydrogen-bond donors (Lipinski definition) is 3. The van der Waals surface area contributed by atoms with Gasteiger partial charge in [0.25, 0.3) is 0 Å². The fourth-order valence-corrected chi connectivity index (χ4v) is 4.23. The molecule has 0 aliphatic carbocycles. The number of rotatable bonds is 23. The molecule has 0 saturated carbocycles. The van der Waals surface area contributed by atoms with Gasteiger partial charge in [0.05, 0.1) is 16.7 Å². The lowest BCUT2D eigenvalue weighted by atomic mass is 10.0. The van der Waals surface area contributed by atoms with Crippen molar-refractivity contribution in [2.45, 2.75) is 116 Å². The van der Waals surface area contributed by atoms with E-state index in [1.165, 1.54) is 77.0 Å². The number of aromatic carboxylic acids is 2. The third kappa shape index (κ3) is 15.9. The third-order valence-electron chi connectivity index (χ3n) is 6.54. The summed E-state index contributed by atoms with van der Waals surface area (Å²) in [6, 6.07) is 2.98.